The average molecular weight is 547 g/mol. The van der Waals surface area contributed by atoms with E-state index in [9.17, 15) is 8.42 Å². The maximum atomic E-state index is 13.5. The summed E-state index contributed by atoms with van der Waals surface area (Å²) in [4.78, 5) is 2.88. The molecule has 1 N–H and O–H groups in total. The zero-order chi connectivity index (χ0) is 27.3. The molecule has 5 aromatic rings. The van der Waals surface area contributed by atoms with Crippen LogP contribution in [0.1, 0.15) is 42.4 Å². The first-order valence-electron chi connectivity index (χ1n) is 14.3. The van der Waals surface area contributed by atoms with Crippen molar-refractivity contribution in [1.82, 2.24) is 9.62 Å². The van der Waals surface area contributed by atoms with Crippen LogP contribution in [0.2, 0.25) is 0 Å². The second-order valence-corrected chi connectivity index (χ2v) is 13.2. The first-order valence-corrected chi connectivity index (χ1v) is 15.8. The molecule has 1 aliphatic heterocycles. The van der Waals surface area contributed by atoms with Crippen molar-refractivity contribution in [3.63, 3.8) is 0 Å². The number of nitrogens with one attached hydrogen (secondary N) is 1. The number of hydrogen-bond donors (Lipinski definition) is 1. The minimum absolute atomic E-state index is 0.116. The third kappa shape index (κ3) is 4.52. The Balaban J connectivity index is 1.33. The first kappa shape index (κ1) is 25.5. The van der Waals surface area contributed by atoms with Crippen molar-refractivity contribution in [2.45, 2.75) is 62.7 Å². The summed E-state index contributed by atoms with van der Waals surface area (Å²) in [5.74, 6) is 0. The Labute approximate surface area is 236 Å². The van der Waals surface area contributed by atoms with Crippen LogP contribution in [-0.4, -0.2) is 25.4 Å². The van der Waals surface area contributed by atoms with Crippen LogP contribution in [0.3, 0.4) is 0 Å². The summed E-state index contributed by atoms with van der Waals surface area (Å²) in [6.45, 7) is 3.55. The smallest absolute Gasteiger partial charge is 0.240 e. The lowest BCUT2D eigenvalue weighted by Crippen LogP contribution is -2.52. The van der Waals surface area contributed by atoms with Crippen molar-refractivity contribution >= 4 is 31.6 Å². The van der Waals surface area contributed by atoms with E-state index in [-0.39, 0.29) is 12.1 Å². The van der Waals surface area contributed by atoms with Crippen molar-refractivity contribution in [1.29, 1.82) is 0 Å². The molecule has 2 atom stereocenters. The van der Waals surface area contributed by atoms with Crippen molar-refractivity contribution in [3.8, 4) is 11.1 Å². The van der Waals surface area contributed by atoms with Crippen molar-refractivity contribution < 1.29 is 8.42 Å². The Bertz CT molecular complexity index is 1740. The lowest BCUT2D eigenvalue weighted by molar-refractivity contribution is 0.117. The molecule has 1 aliphatic carbocycles. The van der Waals surface area contributed by atoms with Gasteiger partial charge in [0.2, 0.25) is 10.0 Å². The number of benzene rings is 5. The second-order valence-electron chi connectivity index (χ2n) is 11.4. The predicted molar refractivity (Wildman–Crippen MR) is 164 cm³/mol. The normalized spacial score (nSPS) is 19.7. The van der Waals surface area contributed by atoms with Gasteiger partial charge in [0, 0.05) is 25.2 Å². The van der Waals surface area contributed by atoms with Gasteiger partial charge in [0.1, 0.15) is 0 Å². The van der Waals surface area contributed by atoms with Gasteiger partial charge in [-0.25, -0.2) is 13.1 Å². The number of fused-ring (bicyclic) bond motifs is 7. The average Bonchev–Trinajstić information content (AvgIpc) is 3.15. The SMILES string of the molecule is Cc1ccc(S(=O)(=O)N[C@@H]2CCCC[C@H]2N2Cc3ccc4ccccc4c3-c3c(ccc4ccccc34)C2)cc1. The topological polar surface area (TPSA) is 49.4 Å². The molecule has 202 valence electrons. The Morgan fingerprint density at radius 1 is 0.675 bits per heavy atom. The van der Waals surface area contributed by atoms with E-state index in [0.717, 1.165) is 44.3 Å². The largest absolute Gasteiger partial charge is 0.290 e. The highest BCUT2D eigenvalue weighted by molar-refractivity contribution is 7.89. The van der Waals surface area contributed by atoms with E-state index in [1.165, 1.54) is 43.8 Å². The monoisotopic (exact) mass is 546 g/mol. The van der Waals surface area contributed by atoms with Gasteiger partial charge in [-0.05, 0) is 75.7 Å². The number of aryl methyl sites for hydroxylation is 1. The van der Waals surface area contributed by atoms with E-state index in [1.807, 2.05) is 19.1 Å². The molecule has 4 nitrogen and oxygen atoms in total. The minimum Gasteiger partial charge on any atom is -0.290 e. The highest BCUT2D eigenvalue weighted by Gasteiger charge is 2.35. The third-order valence-electron chi connectivity index (χ3n) is 8.86. The number of sulfonamides is 1. The molecule has 7 rings (SSSR count). The van der Waals surface area contributed by atoms with Gasteiger partial charge in [-0.15, -0.1) is 0 Å². The Morgan fingerprint density at radius 3 is 1.82 bits per heavy atom. The molecule has 1 saturated carbocycles. The second kappa shape index (κ2) is 10.2. The summed E-state index contributed by atoms with van der Waals surface area (Å²) < 4.78 is 30.1. The van der Waals surface area contributed by atoms with Crippen molar-refractivity contribution in [2.75, 3.05) is 0 Å². The Kier molecular flexibility index (Phi) is 6.46. The number of nitrogens with zero attached hydrogens (tertiary/aromatic N) is 1. The summed E-state index contributed by atoms with van der Waals surface area (Å²) in [5.41, 5.74) is 6.30. The fraction of sp³-hybridized carbons (Fsp3) is 0.257. The highest BCUT2D eigenvalue weighted by Crippen LogP contribution is 2.43. The molecule has 2 aliphatic rings. The maximum absolute atomic E-state index is 13.5. The van der Waals surface area contributed by atoms with E-state index in [2.05, 4.69) is 82.4 Å². The quantitative estimate of drug-likeness (QED) is 0.253. The molecule has 0 bridgehead atoms. The van der Waals surface area contributed by atoms with Gasteiger partial charge in [-0.3, -0.25) is 4.90 Å². The van der Waals surface area contributed by atoms with Crippen LogP contribution in [0.5, 0.6) is 0 Å². The fourth-order valence-corrected chi connectivity index (χ4v) is 8.19. The van der Waals surface area contributed by atoms with E-state index in [1.54, 1.807) is 12.1 Å². The van der Waals surface area contributed by atoms with Gasteiger partial charge in [0.15, 0.2) is 0 Å². The number of hydrogen-bond acceptors (Lipinski definition) is 3. The summed E-state index contributed by atoms with van der Waals surface area (Å²) in [6.07, 6.45) is 3.97. The molecule has 0 unspecified atom stereocenters. The van der Waals surface area contributed by atoms with E-state index >= 15 is 0 Å². The molecule has 5 heteroatoms. The van der Waals surface area contributed by atoms with Crippen LogP contribution in [0.25, 0.3) is 32.7 Å². The highest BCUT2D eigenvalue weighted by atomic mass is 32.2. The van der Waals surface area contributed by atoms with Gasteiger partial charge in [-0.1, -0.05) is 103 Å². The van der Waals surface area contributed by atoms with E-state index in [4.69, 9.17) is 0 Å². The summed E-state index contributed by atoms with van der Waals surface area (Å²) in [6, 6.07) is 33.5. The van der Waals surface area contributed by atoms with Gasteiger partial charge in [0.25, 0.3) is 0 Å². The molecule has 40 heavy (non-hydrogen) atoms. The zero-order valence-electron chi connectivity index (χ0n) is 22.8. The van der Waals surface area contributed by atoms with Gasteiger partial charge >= 0.3 is 0 Å². The number of rotatable bonds is 4. The van der Waals surface area contributed by atoms with Crippen LogP contribution < -0.4 is 4.72 Å². The van der Waals surface area contributed by atoms with Crippen LogP contribution in [-0.2, 0) is 23.1 Å². The molecule has 0 amide bonds. The van der Waals surface area contributed by atoms with Gasteiger partial charge in [0.05, 0.1) is 4.90 Å². The summed E-state index contributed by atoms with van der Waals surface area (Å²) in [5, 5.41) is 5.05. The molecule has 1 fully saturated rings. The molecule has 0 radical (unpaired) electrons. The lowest BCUT2D eigenvalue weighted by atomic mass is 9.88. The van der Waals surface area contributed by atoms with Crippen molar-refractivity contribution in [2.24, 2.45) is 0 Å². The molecule has 0 spiro atoms. The maximum Gasteiger partial charge on any atom is 0.240 e. The molecule has 0 aromatic heterocycles. The zero-order valence-corrected chi connectivity index (χ0v) is 23.6. The molecule has 1 heterocycles. The lowest BCUT2D eigenvalue weighted by Gasteiger charge is -2.40. The van der Waals surface area contributed by atoms with Gasteiger partial charge < -0.3 is 0 Å². The van der Waals surface area contributed by atoms with Crippen LogP contribution in [0.4, 0.5) is 0 Å². The molecular formula is C35H34N2O2S. The van der Waals surface area contributed by atoms with Gasteiger partial charge in [-0.2, -0.15) is 0 Å². The molecule has 0 saturated heterocycles. The minimum atomic E-state index is -3.61. The fourth-order valence-electron chi connectivity index (χ4n) is 6.89. The first-order chi connectivity index (χ1) is 19.5. The Hall–Kier alpha value is -3.51. The molecular weight excluding hydrogens is 512 g/mol. The van der Waals surface area contributed by atoms with Crippen LogP contribution in [0.15, 0.2) is 102 Å². The summed E-state index contributed by atoms with van der Waals surface area (Å²) in [7, 11) is -3.61. The van der Waals surface area contributed by atoms with E-state index < -0.39 is 10.0 Å². The Morgan fingerprint density at radius 2 is 1.23 bits per heavy atom. The molecule has 5 aromatic carbocycles. The van der Waals surface area contributed by atoms with Crippen LogP contribution in [0, 0.1) is 6.92 Å². The van der Waals surface area contributed by atoms with Crippen molar-refractivity contribution in [3.05, 3.63) is 114 Å². The summed E-state index contributed by atoms with van der Waals surface area (Å²) >= 11 is 0. The third-order valence-corrected chi connectivity index (χ3v) is 10.4. The standard InChI is InChI=1S/C35H34N2O2S/c1-24-14-20-29(21-15-24)40(38,39)36-32-12-6-7-13-33(32)37-22-27-18-16-25-8-2-4-10-30(25)34(27)35-28(23-37)19-17-26-9-3-5-11-31(26)35/h2-5,8-11,14-21,32-33,36H,6-7,12-13,22-23H2,1H3/t32-,33-/m1/s1. The predicted octanol–water partition coefficient (Wildman–Crippen LogP) is 7.57. The van der Waals surface area contributed by atoms with E-state index in [0.29, 0.717) is 4.90 Å². The van der Waals surface area contributed by atoms with Crippen LogP contribution >= 0.6 is 0 Å².